The summed E-state index contributed by atoms with van der Waals surface area (Å²) >= 11 is 1.37. The van der Waals surface area contributed by atoms with Crippen LogP contribution in [0.5, 0.6) is 11.5 Å². The number of hydrogen-bond acceptors (Lipinski definition) is 7. The van der Waals surface area contributed by atoms with Crippen molar-refractivity contribution in [3.63, 3.8) is 0 Å². The molecular formula is C22H16F2N2O5S. The highest BCUT2D eigenvalue weighted by molar-refractivity contribution is 7.23. The van der Waals surface area contributed by atoms with Crippen molar-refractivity contribution in [1.29, 1.82) is 0 Å². The maximum Gasteiger partial charge on any atom is 0.387 e. The van der Waals surface area contributed by atoms with Crippen LogP contribution >= 0.6 is 11.3 Å². The summed E-state index contributed by atoms with van der Waals surface area (Å²) in [4.78, 5) is 29.5. The number of alkyl halides is 2. The van der Waals surface area contributed by atoms with Crippen LogP contribution < -0.4 is 15.0 Å². The van der Waals surface area contributed by atoms with Gasteiger partial charge in [-0.1, -0.05) is 29.5 Å². The zero-order chi connectivity index (χ0) is 22.7. The molecule has 0 bridgehead atoms. The minimum Gasteiger partial charge on any atom is -0.493 e. The lowest BCUT2D eigenvalue weighted by Gasteiger charge is -2.10. The van der Waals surface area contributed by atoms with E-state index in [0.29, 0.717) is 16.2 Å². The molecule has 2 aromatic carbocycles. The molecule has 0 N–H and O–H groups in total. The van der Waals surface area contributed by atoms with Crippen LogP contribution in [0, 0.1) is 0 Å². The predicted octanol–water partition coefficient (Wildman–Crippen LogP) is 4.28. The van der Waals surface area contributed by atoms with Gasteiger partial charge in [0.15, 0.2) is 16.5 Å². The van der Waals surface area contributed by atoms with Crippen molar-refractivity contribution in [2.45, 2.75) is 13.2 Å². The Morgan fingerprint density at radius 2 is 2.00 bits per heavy atom. The molecule has 7 nitrogen and oxygen atoms in total. The molecule has 0 aliphatic carbocycles. The molecule has 0 amide bonds. The van der Waals surface area contributed by atoms with Gasteiger partial charge in [0, 0.05) is 12.1 Å². The Morgan fingerprint density at radius 1 is 1.19 bits per heavy atom. The van der Waals surface area contributed by atoms with E-state index in [0.717, 1.165) is 10.2 Å². The normalized spacial score (nSPS) is 11.5. The summed E-state index contributed by atoms with van der Waals surface area (Å²) in [5, 5.41) is 0. The van der Waals surface area contributed by atoms with E-state index < -0.39 is 12.6 Å². The molecule has 2 heterocycles. The van der Waals surface area contributed by atoms with E-state index in [2.05, 4.69) is 9.72 Å². The van der Waals surface area contributed by atoms with Gasteiger partial charge in [0.25, 0.3) is 5.56 Å². The number of halogens is 2. The van der Waals surface area contributed by atoms with Gasteiger partial charge >= 0.3 is 12.6 Å². The fourth-order valence-corrected chi connectivity index (χ4v) is 4.09. The van der Waals surface area contributed by atoms with E-state index in [9.17, 15) is 18.4 Å². The van der Waals surface area contributed by atoms with Crippen LogP contribution in [0.2, 0.25) is 0 Å². The first-order valence-electron chi connectivity index (χ1n) is 9.32. The van der Waals surface area contributed by atoms with E-state index in [4.69, 9.17) is 9.47 Å². The van der Waals surface area contributed by atoms with Crippen LogP contribution in [0.4, 0.5) is 8.78 Å². The molecule has 0 fully saturated rings. The van der Waals surface area contributed by atoms with Crippen molar-refractivity contribution >= 4 is 38.6 Å². The Hall–Kier alpha value is -3.79. The maximum atomic E-state index is 12.5. The van der Waals surface area contributed by atoms with Crippen LogP contribution in [0.15, 0.2) is 59.4 Å². The second kappa shape index (κ2) is 9.15. The monoisotopic (exact) mass is 458 g/mol. The van der Waals surface area contributed by atoms with Gasteiger partial charge in [0.1, 0.15) is 6.61 Å². The van der Waals surface area contributed by atoms with Gasteiger partial charge in [0.2, 0.25) is 0 Å². The van der Waals surface area contributed by atoms with E-state index in [-0.39, 0.29) is 23.7 Å². The number of aromatic nitrogens is 2. The highest BCUT2D eigenvalue weighted by Crippen LogP contribution is 2.30. The zero-order valence-corrected chi connectivity index (χ0v) is 17.5. The first kappa shape index (κ1) is 21.4. The van der Waals surface area contributed by atoms with Gasteiger partial charge in [-0.15, -0.1) is 0 Å². The van der Waals surface area contributed by atoms with Gasteiger partial charge in [-0.25, -0.2) is 9.78 Å². The molecule has 4 aromatic rings. The standard InChI is InChI=1S/C22H16F2N2O5S/c1-29-17-10-13(6-8-16(17)31-21(23)24)7-9-20(28)30-12-14-11-19(27)26-15-4-2-3-5-18(15)32-22(26)25-14/h2-11,21H,12H2,1H3. The Balaban J connectivity index is 1.45. The number of fused-ring (bicyclic) bond motifs is 3. The maximum absolute atomic E-state index is 12.5. The molecule has 2 aromatic heterocycles. The first-order valence-corrected chi connectivity index (χ1v) is 10.1. The second-order valence-corrected chi connectivity index (χ2v) is 7.51. The second-order valence-electron chi connectivity index (χ2n) is 6.50. The average molecular weight is 458 g/mol. The quantitative estimate of drug-likeness (QED) is 0.304. The topological polar surface area (TPSA) is 79.1 Å². The number of carbonyl (C=O) groups excluding carboxylic acids is 1. The van der Waals surface area contributed by atoms with Gasteiger partial charge < -0.3 is 14.2 Å². The number of nitrogens with zero attached hydrogens (tertiary/aromatic N) is 2. The van der Waals surface area contributed by atoms with E-state index >= 15 is 0 Å². The molecule has 0 atom stereocenters. The Morgan fingerprint density at radius 3 is 2.78 bits per heavy atom. The molecule has 10 heteroatoms. The van der Waals surface area contributed by atoms with Crippen molar-refractivity contribution in [2.24, 2.45) is 0 Å². The number of methoxy groups -OCH3 is 1. The number of esters is 1. The third kappa shape index (κ3) is 4.59. The molecule has 0 unspecified atom stereocenters. The summed E-state index contributed by atoms with van der Waals surface area (Å²) in [6, 6.07) is 13.0. The summed E-state index contributed by atoms with van der Waals surface area (Å²) in [6.07, 6.45) is 2.61. The molecule has 0 saturated carbocycles. The van der Waals surface area contributed by atoms with E-state index in [1.165, 1.54) is 59.3 Å². The van der Waals surface area contributed by atoms with Crippen LogP contribution in [-0.2, 0) is 16.1 Å². The number of carbonyl (C=O) groups is 1. The third-order valence-electron chi connectivity index (χ3n) is 4.43. The molecular weight excluding hydrogens is 442 g/mol. The summed E-state index contributed by atoms with van der Waals surface area (Å²) in [6.45, 7) is -3.15. The fourth-order valence-electron chi connectivity index (χ4n) is 3.04. The molecule has 0 aliphatic rings. The molecule has 0 saturated heterocycles. The van der Waals surface area contributed by atoms with Crippen LogP contribution in [0.1, 0.15) is 11.3 Å². The number of benzene rings is 2. The Kier molecular flexibility index (Phi) is 6.13. The molecule has 4 rings (SSSR count). The average Bonchev–Trinajstić information content (AvgIpc) is 3.15. The van der Waals surface area contributed by atoms with E-state index in [1.54, 1.807) is 0 Å². The number of thiazole rings is 1. The van der Waals surface area contributed by atoms with Gasteiger partial charge in [-0.05, 0) is 35.9 Å². The van der Waals surface area contributed by atoms with Crippen LogP contribution in [0.25, 0.3) is 21.3 Å². The van der Waals surface area contributed by atoms with Crippen molar-refractivity contribution in [3.8, 4) is 11.5 Å². The minimum atomic E-state index is -2.98. The highest BCUT2D eigenvalue weighted by atomic mass is 32.1. The van der Waals surface area contributed by atoms with Gasteiger partial charge in [-0.3, -0.25) is 9.20 Å². The molecule has 0 spiro atoms. The predicted molar refractivity (Wildman–Crippen MR) is 115 cm³/mol. The van der Waals surface area contributed by atoms with E-state index in [1.807, 2.05) is 24.3 Å². The van der Waals surface area contributed by atoms with Crippen molar-refractivity contribution in [1.82, 2.24) is 9.38 Å². The Bertz CT molecular complexity index is 1380. The van der Waals surface area contributed by atoms with Gasteiger partial charge in [-0.2, -0.15) is 8.78 Å². The Labute approximate surface area is 184 Å². The van der Waals surface area contributed by atoms with Crippen molar-refractivity contribution < 1.29 is 27.8 Å². The number of rotatable bonds is 7. The lowest BCUT2D eigenvalue weighted by molar-refractivity contribution is -0.139. The summed E-state index contributed by atoms with van der Waals surface area (Å²) < 4.78 is 41.8. The molecule has 0 aliphatic heterocycles. The minimum absolute atomic E-state index is 0.0992. The highest BCUT2D eigenvalue weighted by Gasteiger charge is 2.12. The van der Waals surface area contributed by atoms with Crippen molar-refractivity contribution in [3.05, 3.63) is 76.2 Å². The molecule has 164 valence electrons. The van der Waals surface area contributed by atoms with Crippen LogP contribution in [0.3, 0.4) is 0 Å². The van der Waals surface area contributed by atoms with Crippen molar-refractivity contribution in [2.75, 3.05) is 7.11 Å². The molecule has 0 radical (unpaired) electrons. The number of ether oxygens (including phenoxy) is 3. The SMILES string of the molecule is COc1cc(C=CC(=O)OCc2cc(=O)n3c(n2)sc2ccccc23)ccc1OC(F)F. The largest absolute Gasteiger partial charge is 0.493 e. The fraction of sp³-hybridized carbons (Fsp3) is 0.136. The number of para-hydroxylation sites is 1. The third-order valence-corrected chi connectivity index (χ3v) is 5.45. The lowest BCUT2D eigenvalue weighted by atomic mass is 10.2. The first-order chi connectivity index (χ1) is 15.4. The zero-order valence-electron chi connectivity index (χ0n) is 16.7. The smallest absolute Gasteiger partial charge is 0.387 e. The van der Waals surface area contributed by atoms with Crippen LogP contribution in [-0.4, -0.2) is 29.1 Å². The summed E-state index contributed by atoms with van der Waals surface area (Å²) in [5.41, 5.74) is 1.37. The summed E-state index contributed by atoms with van der Waals surface area (Å²) in [5.74, 6) is -0.673. The lowest BCUT2D eigenvalue weighted by Crippen LogP contribution is -2.14. The summed E-state index contributed by atoms with van der Waals surface area (Å²) in [7, 11) is 1.32. The molecule has 32 heavy (non-hydrogen) atoms. The number of hydrogen-bond donors (Lipinski definition) is 0. The van der Waals surface area contributed by atoms with Gasteiger partial charge in [0.05, 0.1) is 23.0 Å².